The summed E-state index contributed by atoms with van der Waals surface area (Å²) in [6, 6.07) is 7.54. The van der Waals surface area contributed by atoms with Gasteiger partial charge in [-0.15, -0.1) is 0 Å². The van der Waals surface area contributed by atoms with Crippen molar-refractivity contribution in [3.63, 3.8) is 0 Å². The summed E-state index contributed by atoms with van der Waals surface area (Å²) < 4.78 is 0. The largest absolute Gasteiger partial charge is 0.249 e. The van der Waals surface area contributed by atoms with Crippen LogP contribution in [0.1, 0.15) is 62.0 Å². The van der Waals surface area contributed by atoms with Crippen LogP contribution in [-0.4, -0.2) is 9.97 Å². The molecule has 4 nitrogen and oxygen atoms in total. The molecule has 0 N–H and O–H groups in total. The van der Waals surface area contributed by atoms with Gasteiger partial charge < -0.3 is 0 Å². The second kappa shape index (κ2) is 3.84. The monoisotopic (exact) mass is 288 g/mol. The fourth-order valence-electron chi connectivity index (χ4n) is 4.35. The van der Waals surface area contributed by atoms with Crippen molar-refractivity contribution in [3.05, 3.63) is 34.6 Å². The summed E-state index contributed by atoms with van der Waals surface area (Å²) in [7, 11) is 0. The van der Waals surface area contributed by atoms with E-state index in [0.717, 1.165) is 35.3 Å². The normalized spacial score (nSPS) is 27.4. The Morgan fingerprint density at radius 2 is 1.64 bits per heavy atom. The fraction of sp³-hybridized carbons (Fsp3) is 0.444. The second-order valence-corrected chi connectivity index (χ2v) is 7.21. The van der Waals surface area contributed by atoms with Gasteiger partial charge >= 0.3 is 0 Å². The first-order valence-corrected chi connectivity index (χ1v) is 7.59. The number of rotatable bonds is 0. The van der Waals surface area contributed by atoms with Crippen LogP contribution < -0.4 is 0 Å². The smallest absolute Gasteiger partial charge is 0.101 e. The Balaban J connectivity index is 2.05. The molecular formula is C18H16N4. The molecule has 2 bridgehead atoms. The topological polar surface area (TPSA) is 73.4 Å². The van der Waals surface area contributed by atoms with Crippen molar-refractivity contribution in [1.82, 2.24) is 9.97 Å². The Morgan fingerprint density at radius 3 is 2.23 bits per heavy atom. The molecule has 0 saturated heterocycles. The van der Waals surface area contributed by atoms with Crippen LogP contribution in [0.2, 0.25) is 0 Å². The van der Waals surface area contributed by atoms with Crippen molar-refractivity contribution in [2.24, 2.45) is 5.41 Å². The first kappa shape index (κ1) is 13.2. The van der Waals surface area contributed by atoms with E-state index in [9.17, 15) is 10.5 Å². The highest BCUT2D eigenvalue weighted by Gasteiger charge is 2.61. The number of nitriles is 2. The van der Waals surface area contributed by atoms with E-state index < -0.39 is 0 Å². The number of nitrogens with zero attached hydrogens (tertiary/aromatic N) is 4. The summed E-state index contributed by atoms with van der Waals surface area (Å²) in [6.07, 6.45) is 2.29. The molecule has 2 unspecified atom stereocenters. The second-order valence-electron chi connectivity index (χ2n) is 7.21. The van der Waals surface area contributed by atoms with E-state index in [2.05, 4.69) is 32.9 Å². The number of aromatic nitrogens is 2. The Labute approximate surface area is 129 Å². The first-order valence-electron chi connectivity index (χ1n) is 7.59. The summed E-state index contributed by atoms with van der Waals surface area (Å²) in [5.41, 5.74) is 4.59. The maximum Gasteiger partial charge on any atom is 0.101 e. The molecule has 4 rings (SSSR count). The molecule has 1 aromatic heterocycles. The van der Waals surface area contributed by atoms with Crippen LogP contribution in [0.3, 0.4) is 0 Å². The van der Waals surface area contributed by atoms with Crippen molar-refractivity contribution in [2.45, 2.75) is 44.9 Å². The highest BCUT2D eigenvalue weighted by Crippen LogP contribution is 2.66. The van der Waals surface area contributed by atoms with E-state index in [1.807, 2.05) is 0 Å². The molecule has 0 aliphatic heterocycles. The van der Waals surface area contributed by atoms with Gasteiger partial charge in [0.2, 0.25) is 0 Å². The van der Waals surface area contributed by atoms with Crippen LogP contribution >= 0.6 is 0 Å². The number of benzene rings is 1. The molecule has 0 radical (unpaired) electrons. The maximum absolute atomic E-state index is 9.19. The van der Waals surface area contributed by atoms with Crippen molar-refractivity contribution >= 4 is 11.0 Å². The first-order chi connectivity index (χ1) is 10.4. The molecule has 22 heavy (non-hydrogen) atoms. The molecule has 0 amide bonds. The summed E-state index contributed by atoms with van der Waals surface area (Å²) in [6.45, 7) is 6.90. The van der Waals surface area contributed by atoms with Gasteiger partial charge in [0.05, 0.1) is 33.5 Å². The van der Waals surface area contributed by atoms with E-state index >= 15 is 0 Å². The lowest BCUT2D eigenvalue weighted by Crippen LogP contribution is -2.31. The average molecular weight is 288 g/mol. The van der Waals surface area contributed by atoms with E-state index in [-0.39, 0.29) is 10.8 Å². The Hall–Kier alpha value is -2.46. The molecule has 1 aromatic carbocycles. The zero-order valence-corrected chi connectivity index (χ0v) is 12.9. The molecule has 108 valence electrons. The standard InChI is InChI=1S/C18H16N4/c1-17(2)12-4-5-18(17,3)16-15(12)21-13-6-10(8-19)11(9-20)7-14(13)22-16/h6-7,12H,4-5H2,1-3H3. The molecule has 2 aliphatic rings. The fourth-order valence-corrected chi connectivity index (χ4v) is 4.35. The lowest BCUT2D eigenvalue weighted by molar-refractivity contribution is 0.227. The minimum Gasteiger partial charge on any atom is -0.249 e. The molecule has 0 spiro atoms. The van der Waals surface area contributed by atoms with Gasteiger partial charge in [-0.2, -0.15) is 10.5 Å². The van der Waals surface area contributed by atoms with Crippen molar-refractivity contribution in [2.75, 3.05) is 0 Å². The van der Waals surface area contributed by atoms with Gasteiger partial charge in [-0.25, -0.2) is 9.97 Å². The lowest BCUT2D eigenvalue weighted by atomic mass is 9.70. The van der Waals surface area contributed by atoms with Gasteiger partial charge in [0.15, 0.2) is 0 Å². The summed E-state index contributed by atoms with van der Waals surface area (Å²) in [5, 5.41) is 18.4. The SMILES string of the molecule is CC12CCC(c3nc4cc(C#N)c(C#N)cc4nc31)C2(C)C. The number of hydrogen-bond acceptors (Lipinski definition) is 4. The molecule has 4 heteroatoms. The van der Waals surface area contributed by atoms with Crippen molar-refractivity contribution in [3.8, 4) is 12.1 Å². The van der Waals surface area contributed by atoms with Crippen molar-refractivity contribution < 1.29 is 0 Å². The van der Waals surface area contributed by atoms with Crippen LogP contribution in [0.4, 0.5) is 0 Å². The van der Waals surface area contributed by atoms with Gasteiger partial charge in [0.1, 0.15) is 12.1 Å². The Kier molecular flexibility index (Phi) is 2.31. The van der Waals surface area contributed by atoms with Crippen LogP contribution in [0.15, 0.2) is 12.1 Å². The molecule has 2 aromatic rings. The molecule has 1 fully saturated rings. The van der Waals surface area contributed by atoms with E-state index in [0.29, 0.717) is 17.0 Å². The molecule has 2 aliphatic carbocycles. The van der Waals surface area contributed by atoms with Crippen LogP contribution in [0, 0.1) is 28.1 Å². The Bertz CT molecular complexity index is 913. The Morgan fingerprint density at radius 1 is 1.05 bits per heavy atom. The third-order valence-electron chi connectivity index (χ3n) is 6.15. The van der Waals surface area contributed by atoms with Crippen LogP contribution in [0.25, 0.3) is 11.0 Å². The zero-order chi connectivity index (χ0) is 15.7. The zero-order valence-electron chi connectivity index (χ0n) is 12.9. The van der Waals surface area contributed by atoms with Gasteiger partial charge in [-0.1, -0.05) is 20.8 Å². The minimum atomic E-state index is 0.0505. The minimum absolute atomic E-state index is 0.0505. The van der Waals surface area contributed by atoms with Gasteiger partial charge in [-0.3, -0.25) is 0 Å². The van der Waals surface area contributed by atoms with Crippen LogP contribution in [-0.2, 0) is 5.41 Å². The van der Waals surface area contributed by atoms with E-state index in [1.54, 1.807) is 12.1 Å². The van der Waals surface area contributed by atoms with Crippen molar-refractivity contribution in [1.29, 1.82) is 10.5 Å². The summed E-state index contributed by atoms with van der Waals surface area (Å²) in [4.78, 5) is 9.71. The van der Waals surface area contributed by atoms with E-state index in [1.165, 1.54) is 0 Å². The predicted molar refractivity (Wildman–Crippen MR) is 82.1 cm³/mol. The van der Waals surface area contributed by atoms with Gasteiger partial charge in [-0.05, 0) is 30.4 Å². The van der Waals surface area contributed by atoms with Gasteiger partial charge in [0, 0.05) is 11.3 Å². The highest BCUT2D eigenvalue weighted by molar-refractivity contribution is 5.79. The lowest BCUT2D eigenvalue weighted by Gasteiger charge is -2.34. The van der Waals surface area contributed by atoms with Gasteiger partial charge in [0.25, 0.3) is 0 Å². The summed E-state index contributed by atoms with van der Waals surface area (Å²) >= 11 is 0. The quantitative estimate of drug-likeness (QED) is 0.743. The molecular weight excluding hydrogens is 272 g/mol. The molecule has 2 atom stereocenters. The number of hydrogen-bond donors (Lipinski definition) is 0. The van der Waals surface area contributed by atoms with Crippen LogP contribution in [0.5, 0.6) is 0 Å². The highest BCUT2D eigenvalue weighted by atomic mass is 14.9. The average Bonchev–Trinajstić information content (AvgIpc) is 2.83. The molecule has 1 saturated carbocycles. The molecule has 1 heterocycles. The maximum atomic E-state index is 9.19. The third kappa shape index (κ3) is 1.31. The van der Waals surface area contributed by atoms with E-state index in [4.69, 9.17) is 9.97 Å². The summed E-state index contributed by atoms with van der Waals surface area (Å²) in [5.74, 6) is 0.436. The predicted octanol–water partition coefficient (Wildman–Crippen LogP) is 3.55. The number of fused-ring (bicyclic) bond motifs is 6. The third-order valence-corrected chi connectivity index (χ3v) is 6.15.